The molecule has 1 saturated carbocycles. The summed E-state index contributed by atoms with van der Waals surface area (Å²) in [5.41, 5.74) is 1.04. The van der Waals surface area contributed by atoms with Crippen LogP contribution in [0, 0.1) is 11.8 Å². The third-order valence-corrected chi connectivity index (χ3v) is 4.18. The first kappa shape index (κ1) is 14.0. The Bertz CT molecular complexity index is 419. The highest BCUT2D eigenvalue weighted by molar-refractivity contribution is 5.60. The summed E-state index contributed by atoms with van der Waals surface area (Å²) >= 11 is 0. The van der Waals surface area contributed by atoms with Gasteiger partial charge in [0.15, 0.2) is 0 Å². The van der Waals surface area contributed by atoms with Crippen molar-refractivity contribution < 1.29 is 9.47 Å². The molecule has 0 spiro atoms. The number of ether oxygens (including phenoxy) is 2. The van der Waals surface area contributed by atoms with E-state index >= 15 is 0 Å². The largest absolute Gasteiger partial charge is 0.497 e. The molecule has 3 unspecified atom stereocenters. The smallest absolute Gasteiger partial charge is 0.142 e. The predicted octanol–water partition coefficient (Wildman–Crippen LogP) is 3.94. The number of hydrogen-bond acceptors (Lipinski definition) is 3. The summed E-state index contributed by atoms with van der Waals surface area (Å²) in [6.45, 7) is 4.68. The molecule has 1 aromatic rings. The molecule has 1 aliphatic rings. The van der Waals surface area contributed by atoms with Gasteiger partial charge in [0, 0.05) is 12.1 Å². The highest BCUT2D eigenvalue weighted by Crippen LogP contribution is 2.35. The van der Waals surface area contributed by atoms with Crippen LogP contribution in [0.5, 0.6) is 11.5 Å². The topological polar surface area (TPSA) is 30.5 Å². The quantitative estimate of drug-likeness (QED) is 0.892. The van der Waals surface area contributed by atoms with E-state index in [2.05, 4.69) is 19.2 Å². The first-order valence-corrected chi connectivity index (χ1v) is 7.12. The zero-order valence-corrected chi connectivity index (χ0v) is 12.4. The van der Waals surface area contributed by atoms with Crippen molar-refractivity contribution in [1.29, 1.82) is 0 Å². The average Bonchev–Trinajstić information content (AvgIpc) is 2.41. The van der Waals surface area contributed by atoms with E-state index in [4.69, 9.17) is 9.47 Å². The molecule has 0 saturated heterocycles. The van der Waals surface area contributed by atoms with Gasteiger partial charge in [0.2, 0.25) is 0 Å². The molecule has 3 nitrogen and oxygen atoms in total. The van der Waals surface area contributed by atoms with Gasteiger partial charge in [-0.1, -0.05) is 13.8 Å². The van der Waals surface area contributed by atoms with Crippen LogP contribution >= 0.6 is 0 Å². The molecule has 1 fully saturated rings. The Hall–Kier alpha value is -1.38. The number of benzene rings is 1. The predicted molar refractivity (Wildman–Crippen MR) is 79.1 cm³/mol. The molecule has 0 bridgehead atoms. The summed E-state index contributed by atoms with van der Waals surface area (Å²) in [5.74, 6) is 3.28. The van der Waals surface area contributed by atoms with E-state index < -0.39 is 0 Å². The minimum Gasteiger partial charge on any atom is -0.497 e. The SMILES string of the molecule is COc1ccc(OC)c(NC2CCC(C)CC2C)c1. The van der Waals surface area contributed by atoms with Crippen LogP contribution in [0.1, 0.15) is 33.1 Å². The summed E-state index contributed by atoms with van der Waals surface area (Å²) in [6.07, 6.45) is 3.82. The molecular weight excluding hydrogens is 238 g/mol. The molecule has 19 heavy (non-hydrogen) atoms. The van der Waals surface area contributed by atoms with Crippen molar-refractivity contribution >= 4 is 5.69 Å². The Kier molecular flexibility index (Phi) is 4.56. The molecule has 0 heterocycles. The summed E-state index contributed by atoms with van der Waals surface area (Å²) in [4.78, 5) is 0. The van der Waals surface area contributed by atoms with Gasteiger partial charge in [-0.05, 0) is 43.2 Å². The van der Waals surface area contributed by atoms with E-state index in [1.165, 1.54) is 19.3 Å². The fourth-order valence-corrected chi connectivity index (χ4v) is 3.01. The van der Waals surface area contributed by atoms with Gasteiger partial charge in [0.25, 0.3) is 0 Å². The van der Waals surface area contributed by atoms with Gasteiger partial charge in [0.1, 0.15) is 11.5 Å². The van der Waals surface area contributed by atoms with Gasteiger partial charge >= 0.3 is 0 Å². The summed E-state index contributed by atoms with van der Waals surface area (Å²) in [7, 11) is 3.40. The van der Waals surface area contributed by atoms with Crippen LogP contribution < -0.4 is 14.8 Å². The lowest BCUT2D eigenvalue weighted by Gasteiger charge is -2.34. The third kappa shape index (κ3) is 3.34. The van der Waals surface area contributed by atoms with E-state index in [1.54, 1.807) is 14.2 Å². The Labute approximate surface area is 116 Å². The molecular formula is C16H25NO2. The van der Waals surface area contributed by atoms with Crippen molar-refractivity contribution in [1.82, 2.24) is 0 Å². The molecule has 0 aromatic heterocycles. The van der Waals surface area contributed by atoms with Crippen LogP contribution in [-0.2, 0) is 0 Å². The Balaban J connectivity index is 2.13. The minimum absolute atomic E-state index is 0.525. The van der Waals surface area contributed by atoms with Gasteiger partial charge in [0.05, 0.1) is 19.9 Å². The summed E-state index contributed by atoms with van der Waals surface area (Å²) in [5, 5.41) is 3.64. The number of rotatable bonds is 4. The fraction of sp³-hybridized carbons (Fsp3) is 0.625. The van der Waals surface area contributed by atoms with Gasteiger partial charge in [-0.25, -0.2) is 0 Å². The van der Waals surface area contributed by atoms with Crippen LogP contribution in [0.25, 0.3) is 0 Å². The molecule has 0 radical (unpaired) electrons. The van der Waals surface area contributed by atoms with Crippen molar-refractivity contribution in [2.24, 2.45) is 11.8 Å². The Morgan fingerprint density at radius 2 is 1.89 bits per heavy atom. The van der Waals surface area contributed by atoms with E-state index in [-0.39, 0.29) is 0 Å². The average molecular weight is 263 g/mol. The third-order valence-electron chi connectivity index (χ3n) is 4.18. The van der Waals surface area contributed by atoms with Crippen LogP contribution in [-0.4, -0.2) is 20.3 Å². The van der Waals surface area contributed by atoms with Gasteiger partial charge in [-0.15, -0.1) is 0 Å². The van der Waals surface area contributed by atoms with E-state index in [9.17, 15) is 0 Å². The highest BCUT2D eigenvalue weighted by Gasteiger charge is 2.25. The fourth-order valence-electron chi connectivity index (χ4n) is 3.01. The maximum atomic E-state index is 5.42. The molecule has 0 aliphatic heterocycles. The maximum absolute atomic E-state index is 5.42. The van der Waals surface area contributed by atoms with E-state index in [0.717, 1.165) is 23.1 Å². The normalized spacial score (nSPS) is 26.8. The van der Waals surface area contributed by atoms with Crippen molar-refractivity contribution in [3.05, 3.63) is 18.2 Å². The summed E-state index contributed by atoms with van der Waals surface area (Å²) in [6, 6.07) is 6.43. The second kappa shape index (κ2) is 6.18. The first-order valence-electron chi connectivity index (χ1n) is 7.12. The highest BCUT2D eigenvalue weighted by atomic mass is 16.5. The molecule has 1 aromatic carbocycles. The number of hydrogen-bond donors (Lipinski definition) is 1. The zero-order chi connectivity index (χ0) is 13.8. The first-order chi connectivity index (χ1) is 9.13. The van der Waals surface area contributed by atoms with Crippen molar-refractivity contribution in [2.75, 3.05) is 19.5 Å². The molecule has 2 rings (SSSR count). The van der Waals surface area contributed by atoms with Gasteiger partial charge in [-0.3, -0.25) is 0 Å². The molecule has 1 N–H and O–H groups in total. The van der Waals surface area contributed by atoms with Crippen LogP contribution in [0.4, 0.5) is 5.69 Å². The Morgan fingerprint density at radius 3 is 2.53 bits per heavy atom. The maximum Gasteiger partial charge on any atom is 0.142 e. The van der Waals surface area contributed by atoms with Crippen molar-refractivity contribution in [3.8, 4) is 11.5 Å². The zero-order valence-electron chi connectivity index (χ0n) is 12.4. The molecule has 0 amide bonds. The Morgan fingerprint density at radius 1 is 1.11 bits per heavy atom. The number of nitrogens with one attached hydrogen (secondary N) is 1. The van der Waals surface area contributed by atoms with Crippen LogP contribution in [0.2, 0.25) is 0 Å². The molecule has 106 valence electrons. The lowest BCUT2D eigenvalue weighted by atomic mass is 9.80. The summed E-state index contributed by atoms with van der Waals surface area (Å²) < 4.78 is 10.7. The van der Waals surface area contributed by atoms with E-state index in [1.807, 2.05) is 18.2 Å². The lowest BCUT2D eigenvalue weighted by Crippen LogP contribution is -2.33. The van der Waals surface area contributed by atoms with Crippen LogP contribution in [0.3, 0.4) is 0 Å². The molecule has 3 atom stereocenters. The van der Waals surface area contributed by atoms with Crippen LogP contribution in [0.15, 0.2) is 18.2 Å². The van der Waals surface area contributed by atoms with Gasteiger partial charge in [-0.2, -0.15) is 0 Å². The van der Waals surface area contributed by atoms with E-state index in [0.29, 0.717) is 12.0 Å². The minimum atomic E-state index is 0.525. The second-order valence-electron chi connectivity index (χ2n) is 5.71. The molecule has 3 heteroatoms. The van der Waals surface area contributed by atoms with Gasteiger partial charge < -0.3 is 14.8 Å². The van der Waals surface area contributed by atoms with Crippen molar-refractivity contribution in [3.63, 3.8) is 0 Å². The second-order valence-corrected chi connectivity index (χ2v) is 5.71. The monoisotopic (exact) mass is 263 g/mol. The van der Waals surface area contributed by atoms with Crippen molar-refractivity contribution in [2.45, 2.75) is 39.2 Å². The molecule has 1 aliphatic carbocycles. The number of anilines is 1. The number of methoxy groups -OCH3 is 2. The lowest BCUT2D eigenvalue weighted by molar-refractivity contribution is 0.276. The standard InChI is InChI=1S/C16H25NO2/c1-11-5-7-14(12(2)9-11)17-15-10-13(18-3)6-8-16(15)19-4/h6,8,10-12,14,17H,5,7,9H2,1-4H3.